The van der Waals surface area contributed by atoms with Gasteiger partial charge in [0.05, 0.1) is 17.6 Å². The van der Waals surface area contributed by atoms with Crippen molar-refractivity contribution in [2.45, 2.75) is 37.8 Å². The minimum absolute atomic E-state index is 0.158. The molecule has 0 radical (unpaired) electrons. The van der Waals surface area contributed by atoms with Gasteiger partial charge in [-0.3, -0.25) is 9.36 Å². The number of nitrogens with one attached hydrogen (secondary N) is 1. The molecule has 2 heterocycles. The quantitative estimate of drug-likeness (QED) is 0.322. The molecule has 37 heavy (non-hydrogen) atoms. The summed E-state index contributed by atoms with van der Waals surface area (Å²) in [7, 11) is 0. The van der Waals surface area contributed by atoms with E-state index in [9.17, 15) is 4.79 Å². The number of nitrogens with zero attached hydrogens (tertiary/aromatic N) is 4. The van der Waals surface area contributed by atoms with Gasteiger partial charge >= 0.3 is 0 Å². The molecule has 1 saturated carbocycles. The lowest BCUT2D eigenvalue weighted by Gasteiger charge is -2.30. The topological polar surface area (TPSA) is 90.8 Å². The fourth-order valence-electron chi connectivity index (χ4n) is 5.02. The van der Waals surface area contributed by atoms with Crippen LogP contribution in [-0.2, 0) is 0 Å². The SMILES string of the molecule is NC1CCCCC1Nc1ccc(-c2nc3c(cnn3-c3ccccc3)c(=O)n2-c2ccc(Cl)cc2)cc1. The van der Waals surface area contributed by atoms with Gasteiger partial charge in [0.15, 0.2) is 5.65 Å². The largest absolute Gasteiger partial charge is 0.381 e. The van der Waals surface area contributed by atoms with E-state index in [-0.39, 0.29) is 17.6 Å². The molecule has 8 heteroatoms. The lowest BCUT2D eigenvalue weighted by molar-refractivity contribution is 0.404. The van der Waals surface area contributed by atoms with E-state index >= 15 is 0 Å². The molecule has 3 N–H and O–H groups in total. The predicted octanol–water partition coefficient (Wildman–Crippen LogP) is 5.57. The highest BCUT2D eigenvalue weighted by Gasteiger charge is 2.22. The Hall–Kier alpha value is -3.94. The molecule has 0 saturated heterocycles. The third-order valence-corrected chi connectivity index (χ3v) is 7.25. The van der Waals surface area contributed by atoms with E-state index in [4.69, 9.17) is 22.3 Å². The Morgan fingerprint density at radius 3 is 2.35 bits per heavy atom. The molecule has 6 rings (SSSR count). The Labute approximate surface area is 219 Å². The summed E-state index contributed by atoms with van der Waals surface area (Å²) in [6.45, 7) is 0. The number of para-hydroxylation sites is 1. The number of halogens is 1. The van der Waals surface area contributed by atoms with E-state index in [0.717, 1.165) is 29.8 Å². The van der Waals surface area contributed by atoms with Crippen molar-refractivity contribution in [1.29, 1.82) is 0 Å². The van der Waals surface area contributed by atoms with Crippen LogP contribution in [0.2, 0.25) is 5.02 Å². The molecule has 0 spiro atoms. The van der Waals surface area contributed by atoms with Crippen LogP contribution in [0.15, 0.2) is 89.9 Å². The Balaban J connectivity index is 1.48. The first-order valence-electron chi connectivity index (χ1n) is 12.5. The van der Waals surface area contributed by atoms with Crippen molar-refractivity contribution in [2.75, 3.05) is 5.32 Å². The van der Waals surface area contributed by atoms with Crippen LogP contribution in [0, 0.1) is 0 Å². The minimum atomic E-state index is -0.195. The van der Waals surface area contributed by atoms with Crippen molar-refractivity contribution in [2.24, 2.45) is 5.73 Å². The number of rotatable bonds is 5. The van der Waals surface area contributed by atoms with Gasteiger partial charge in [-0.25, -0.2) is 9.67 Å². The summed E-state index contributed by atoms with van der Waals surface area (Å²) in [4.78, 5) is 18.8. The summed E-state index contributed by atoms with van der Waals surface area (Å²) in [5, 5.41) is 9.12. The van der Waals surface area contributed by atoms with Crippen molar-refractivity contribution in [3.63, 3.8) is 0 Å². The zero-order valence-corrected chi connectivity index (χ0v) is 21.0. The number of fused-ring (bicyclic) bond motifs is 1. The van der Waals surface area contributed by atoms with Crippen LogP contribution in [-0.4, -0.2) is 31.4 Å². The Kier molecular flexibility index (Phi) is 6.24. The van der Waals surface area contributed by atoms with Gasteiger partial charge in [-0.1, -0.05) is 42.6 Å². The molecule has 1 aliphatic carbocycles. The second-order valence-corrected chi connectivity index (χ2v) is 9.89. The second kappa shape index (κ2) is 9.84. The average molecular weight is 511 g/mol. The van der Waals surface area contributed by atoms with Gasteiger partial charge < -0.3 is 11.1 Å². The predicted molar refractivity (Wildman–Crippen MR) is 149 cm³/mol. The van der Waals surface area contributed by atoms with E-state index < -0.39 is 0 Å². The number of hydrogen-bond donors (Lipinski definition) is 2. The van der Waals surface area contributed by atoms with Gasteiger partial charge in [0.2, 0.25) is 0 Å². The Bertz CT molecular complexity index is 1590. The fourth-order valence-corrected chi connectivity index (χ4v) is 5.14. The van der Waals surface area contributed by atoms with Crippen molar-refractivity contribution >= 4 is 28.3 Å². The van der Waals surface area contributed by atoms with Crippen molar-refractivity contribution in [1.82, 2.24) is 19.3 Å². The molecule has 0 amide bonds. The molecule has 2 aromatic heterocycles. The van der Waals surface area contributed by atoms with Gasteiger partial charge in [-0.2, -0.15) is 5.10 Å². The van der Waals surface area contributed by atoms with Crippen LogP contribution >= 0.6 is 11.6 Å². The van der Waals surface area contributed by atoms with Crippen molar-refractivity contribution in [3.8, 4) is 22.8 Å². The number of nitrogens with two attached hydrogens (primary N) is 1. The van der Waals surface area contributed by atoms with Gasteiger partial charge in [0.25, 0.3) is 5.56 Å². The molecule has 2 atom stereocenters. The van der Waals surface area contributed by atoms with Crippen LogP contribution in [0.5, 0.6) is 0 Å². The standard InChI is InChI=1S/C29H27ClN6O/c30-20-12-16-22(17-13-20)35-27(19-10-14-21(15-11-19)33-26-9-5-4-8-25(26)31)34-28-24(29(35)37)18-32-36(28)23-6-2-1-3-7-23/h1-3,6-7,10-18,25-26,33H,4-5,8-9,31H2. The van der Waals surface area contributed by atoms with Crippen LogP contribution in [0.25, 0.3) is 33.8 Å². The first-order valence-corrected chi connectivity index (χ1v) is 12.9. The van der Waals surface area contributed by atoms with E-state index in [1.54, 1.807) is 27.6 Å². The number of hydrogen-bond acceptors (Lipinski definition) is 5. The fraction of sp³-hybridized carbons (Fsp3) is 0.207. The monoisotopic (exact) mass is 510 g/mol. The molecular formula is C29H27ClN6O. The van der Waals surface area contributed by atoms with Crippen LogP contribution in [0.3, 0.4) is 0 Å². The van der Waals surface area contributed by atoms with E-state index in [0.29, 0.717) is 27.6 Å². The Morgan fingerprint density at radius 1 is 0.892 bits per heavy atom. The third-order valence-electron chi connectivity index (χ3n) is 7.00. The average Bonchev–Trinajstić information content (AvgIpc) is 3.36. The molecule has 1 aliphatic rings. The summed E-state index contributed by atoms with van der Waals surface area (Å²) in [5.41, 5.74) is 9.98. The molecule has 0 bridgehead atoms. The molecule has 1 fully saturated rings. The zero-order valence-electron chi connectivity index (χ0n) is 20.2. The smallest absolute Gasteiger partial charge is 0.269 e. The zero-order chi connectivity index (χ0) is 25.4. The molecule has 0 aliphatic heterocycles. The summed E-state index contributed by atoms with van der Waals surface area (Å²) >= 11 is 6.14. The summed E-state index contributed by atoms with van der Waals surface area (Å²) in [6.07, 6.45) is 6.07. The van der Waals surface area contributed by atoms with Crippen LogP contribution in [0.4, 0.5) is 5.69 Å². The maximum absolute atomic E-state index is 13.8. The van der Waals surface area contributed by atoms with Gasteiger partial charge in [0, 0.05) is 28.4 Å². The van der Waals surface area contributed by atoms with Crippen molar-refractivity contribution < 1.29 is 0 Å². The molecule has 5 aromatic rings. The maximum Gasteiger partial charge on any atom is 0.269 e. The van der Waals surface area contributed by atoms with Crippen molar-refractivity contribution in [3.05, 3.63) is 100 Å². The first kappa shape index (κ1) is 23.5. The first-order chi connectivity index (χ1) is 18.1. The molecule has 2 unspecified atom stereocenters. The highest BCUT2D eigenvalue weighted by molar-refractivity contribution is 6.30. The minimum Gasteiger partial charge on any atom is -0.381 e. The number of benzene rings is 3. The normalized spacial score (nSPS) is 17.7. The van der Waals surface area contributed by atoms with E-state index in [1.807, 2.05) is 66.7 Å². The lowest BCUT2D eigenvalue weighted by Crippen LogP contribution is -2.42. The number of anilines is 1. The van der Waals surface area contributed by atoms with E-state index in [1.165, 1.54) is 12.8 Å². The summed E-state index contributed by atoms with van der Waals surface area (Å²) < 4.78 is 3.32. The second-order valence-electron chi connectivity index (χ2n) is 9.46. The lowest BCUT2D eigenvalue weighted by atomic mass is 9.91. The summed E-state index contributed by atoms with van der Waals surface area (Å²) in [5.74, 6) is 0.526. The summed E-state index contributed by atoms with van der Waals surface area (Å²) in [6, 6.07) is 25.3. The molecule has 3 aromatic carbocycles. The Morgan fingerprint density at radius 2 is 1.62 bits per heavy atom. The molecule has 186 valence electrons. The van der Waals surface area contributed by atoms with Crippen LogP contribution < -0.4 is 16.6 Å². The van der Waals surface area contributed by atoms with Gasteiger partial charge in [0.1, 0.15) is 11.2 Å². The van der Waals surface area contributed by atoms with Gasteiger partial charge in [-0.15, -0.1) is 0 Å². The van der Waals surface area contributed by atoms with Gasteiger partial charge in [-0.05, 0) is 73.5 Å². The molecule has 7 nitrogen and oxygen atoms in total. The van der Waals surface area contributed by atoms with Crippen LogP contribution in [0.1, 0.15) is 25.7 Å². The third kappa shape index (κ3) is 4.52. The number of aromatic nitrogens is 4. The maximum atomic E-state index is 13.8. The highest BCUT2D eigenvalue weighted by Crippen LogP contribution is 2.27. The van der Waals surface area contributed by atoms with E-state index in [2.05, 4.69) is 10.4 Å². The molecular weight excluding hydrogens is 484 g/mol. The highest BCUT2D eigenvalue weighted by atomic mass is 35.5.